The number of anilines is 1. The van der Waals surface area contributed by atoms with Crippen LogP contribution in [-0.4, -0.2) is 31.5 Å². The molecule has 2 N–H and O–H groups in total. The lowest BCUT2D eigenvalue weighted by Gasteiger charge is -2.29. The molecule has 1 amide bonds. The Morgan fingerprint density at radius 3 is 2.85 bits per heavy atom. The molecule has 0 bridgehead atoms. The van der Waals surface area contributed by atoms with Gasteiger partial charge in [0.05, 0.1) is 5.25 Å². The number of hydrogen-bond donors (Lipinski definition) is 2. The number of amides is 1. The molecule has 1 aromatic carbocycles. The van der Waals surface area contributed by atoms with E-state index >= 15 is 0 Å². The maximum absolute atomic E-state index is 12.6. The zero-order valence-electron chi connectivity index (χ0n) is 15.4. The Kier molecular flexibility index (Phi) is 5.32. The Bertz CT molecular complexity index is 844. The average molecular weight is 402 g/mol. The minimum absolute atomic E-state index is 0.0717. The van der Waals surface area contributed by atoms with Crippen molar-refractivity contribution >= 4 is 35.1 Å². The summed E-state index contributed by atoms with van der Waals surface area (Å²) in [6, 6.07) is 6.51. The van der Waals surface area contributed by atoms with Gasteiger partial charge in [-0.05, 0) is 49.9 Å². The standard InChI is InChI=1S/C20H23N3O2S2/c1-11-3-8-15-16(9-11)27-20-17(15)19(21-10-22-20)26-12(2)18(25)23-13-4-6-14(24)7-5-13/h4-7,10-12,15-16,24H,3,8-9H2,1-2H3,(H,23,25). The van der Waals surface area contributed by atoms with E-state index in [4.69, 9.17) is 0 Å². The molecular formula is C20H23N3O2S2. The second kappa shape index (κ2) is 7.72. The van der Waals surface area contributed by atoms with E-state index in [1.54, 1.807) is 30.6 Å². The summed E-state index contributed by atoms with van der Waals surface area (Å²) in [4.78, 5) is 21.6. The highest BCUT2D eigenvalue weighted by Gasteiger charge is 2.40. The van der Waals surface area contributed by atoms with Crippen LogP contribution in [-0.2, 0) is 4.79 Å². The number of nitrogens with zero attached hydrogens (tertiary/aromatic N) is 2. The van der Waals surface area contributed by atoms with Gasteiger partial charge in [0.2, 0.25) is 5.91 Å². The fourth-order valence-corrected chi connectivity index (χ4v) is 6.49. The van der Waals surface area contributed by atoms with Gasteiger partial charge in [-0.25, -0.2) is 9.97 Å². The fourth-order valence-electron chi connectivity index (χ4n) is 3.81. The number of rotatable bonds is 4. The first kappa shape index (κ1) is 18.6. The van der Waals surface area contributed by atoms with Crippen molar-refractivity contribution in [3.63, 3.8) is 0 Å². The number of carbonyl (C=O) groups is 1. The molecule has 7 heteroatoms. The van der Waals surface area contributed by atoms with Crippen LogP contribution in [0.25, 0.3) is 0 Å². The molecule has 1 aliphatic carbocycles. The van der Waals surface area contributed by atoms with Crippen LogP contribution in [0.5, 0.6) is 5.75 Å². The van der Waals surface area contributed by atoms with Crippen molar-refractivity contribution in [3.05, 3.63) is 36.2 Å². The lowest BCUT2D eigenvalue weighted by Crippen LogP contribution is -2.23. The third kappa shape index (κ3) is 3.94. The SMILES string of the molecule is CC1CCC2c3c(SC(C)C(=O)Nc4ccc(O)cc4)ncnc3SC2C1. The van der Waals surface area contributed by atoms with E-state index in [1.165, 1.54) is 36.6 Å². The van der Waals surface area contributed by atoms with Crippen molar-refractivity contribution in [3.8, 4) is 5.75 Å². The Labute approximate surface area is 167 Å². The normalized spacial score (nSPS) is 24.7. The zero-order valence-corrected chi connectivity index (χ0v) is 17.0. The maximum atomic E-state index is 12.6. The molecule has 4 rings (SSSR count). The quantitative estimate of drug-likeness (QED) is 0.440. The van der Waals surface area contributed by atoms with Crippen molar-refractivity contribution in [1.29, 1.82) is 0 Å². The highest BCUT2D eigenvalue weighted by atomic mass is 32.2. The van der Waals surface area contributed by atoms with Crippen molar-refractivity contribution in [2.24, 2.45) is 5.92 Å². The van der Waals surface area contributed by atoms with Crippen LogP contribution in [0.3, 0.4) is 0 Å². The summed E-state index contributed by atoms with van der Waals surface area (Å²) < 4.78 is 0. The molecule has 1 fully saturated rings. The number of phenols is 1. The molecule has 2 aromatic rings. The van der Waals surface area contributed by atoms with E-state index in [0.29, 0.717) is 16.9 Å². The third-order valence-corrected chi connectivity index (χ3v) is 7.78. The molecule has 1 aliphatic heterocycles. The molecule has 0 saturated heterocycles. The highest BCUT2D eigenvalue weighted by Crippen LogP contribution is 2.54. The van der Waals surface area contributed by atoms with Gasteiger partial charge in [-0.2, -0.15) is 0 Å². The topological polar surface area (TPSA) is 75.1 Å². The second-order valence-corrected chi connectivity index (χ2v) is 9.93. The molecule has 4 atom stereocenters. The molecule has 142 valence electrons. The number of phenolic OH excluding ortho intramolecular Hbond substituents is 1. The average Bonchev–Trinajstić information content (AvgIpc) is 3.01. The second-order valence-electron chi connectivity index (χ2n) is 7.37. The smallest absolute Gasteiger partial charge is 0.237 e. The molecule has 5 nitrogen and oxygen atoms in total. The van der Waals surface area contributed by atoms with E-state index in [1.807, 2.05) is 18.7 Å². The monoisotopic (exact) mass is 401 g/mol. The van der Waals surface area contributed by atoms with E-state index in [0.717, 1.165) is 16.0 Å². The van der Waals surface area contributed by atoms with Gasteiger partial charge in [0.15, 0.2) is 0 Å². The summed E-state index contributed by atoms with van der Waals surface area (Å²) in [5.41, 5.74) is 1.93. The van der Waals surface area contributed by atoms with Gasteiger partial charge in [0.25, 0.3) is 0 Å². The van der Waals surface area contributed by atoms with Crippen LogP contribution in [0.15, 0.2) is 40.6 Å². The predicted molar refractivity (Wildman–Crippen MR) is 109 cm³/mol. The minimum Gasteiger partial charge on any atom is -0.508 e. The van der Waals surface area contributed by atoms with Gasteiger partial charge < -0.3 is 10.4 Å². The summed E-state index contributed by atoms with van der Waals surface area (Å²) in [6.45, 7) is 4.23. The number of thioether (sulfide) groups is 2. The molecule has 1 aromatic heterocycles. The Morgan fingerprint density at radius 2 is 2.07 bits per heavy atom. The molecule has 27 heavy (non-hydrogen) atoms. The number of aromatic nitrogens is 2. The molecule has 0 spiro atoms. The molecule has 0 radical (unpaired) electrons. The Hall–Kier alpha value is -1.73. The molecule has 2 aliphatic rings. The largest absolute Gasteiger partial charge is 0.508 e. The zero-order chi connectivity index (χ0) is 19.0. The summed E-state index contributed by atoms with van der Waals surface area (Å²) in [7, 11) is 0. The van der Waals surface area contributed by atoms with E-state index in [-0.39, 0.29) is 16.9 Å². The van der Waals surface area contributed by atoms with Crippen molar-refractivity contribution in [2.45, 2.75) is 59.6 Å². The molecule has 4 unspecified atom stereocenters. The molecular weight excluding hydrogens is 378 g/mol. The Balaban J connectivity index is 1.48. The number of nitrogens with one attached hydrogen (secondary N) is 1. The summed E-state index contributed by atoms with van der Waals surface area (Å²) in [6.07, 6.45) is 5.28. The number of fused-ring (bicyclic) bond motifs is 3. The van der Waals surface area contributed by atoms with Gasteiger partial charge >= 0.3 is 0 Å². The summed E-state index contributed by atoms with van der Waals surface area (Å²) in [5, 5.41) is 14.6. The van der Waals surface area contributed by atoms with Crippen molar-refractivity contribution in [2.75, 3.05) is 5.32 Å². The van der Waals surface area contributed by atoms with E-state index in [9.17, 15) is 9.90 Å². The lowest BCUT2D eigenvalue weighted by molar-refractivity contribution is -0.115. The van der Waals surface area contributed by atoms with Gasteiger partial charge in [-0.1, -0.05) is 25.1 Å². The lowest BCUT2D eigenvalue weighted by atomic mass is 9.80. The number of carbonyl (C=O) groups excluding carboxylic acids is 1. The van der Waals surface area contributed by atoms with E-state index in [2.05, 4.69) is 22.2 Å². The van der Waals surface area contributed by atoms with Crippen LogP contribution in [0, 0.1) is 5.92 Å². The number of aromatic hydroxyl groups is 1. The molecule has 1 saturated carbocycles. The summed E-state index contributed by atoms with van der Waals surface area (Å²) >= 11 is 3.40. The van der Waals surface area contributed by atoms with Gasteiger partial charge in [0, 0.05) is 22.4 Å². The third-order valence-electron chi connectivity index (χ3n) is 5.29. The van der Waals surface area contributed by atoms with E-state index < -0.39 is 0 Å². The first-order chi connectivity index (χ1) is 13.0. The highest BCUT2D eigenvalue weighted by molar-refractivity contribution is 8.01. The maximum Gasteiger partial charge on any atom is 0.237 e. The van der Waals surface area contributed by atoms with Crippen LogP contribution in [0.2, 0.25) is 0 Å². The van der Waals surface area contributed by atoms with Crippen molar-refractivity contribution < 1.29 is 9.90 Å². The van der Waals surface area contributed by atoms with Crippen molar-refractivity contribution in [1.82, 2.24) is 9.97 Å². The van der Waals surface area contributed by atoms with Gasteiger partial charge in [0.1, 0.15) is 22.1 Å². The minimum atomic E-state index is -0.274. The summed E-state index contributed by atoms with van der Waals surface area (Å²) in [5.74, 6) is 1.39. The predicted octanol–water partition coefficient (Wildman–Crippen LogP) is 4.68. The fraction of sp³-hybridized carbons (Fsp3) is 0.450. The molecule has 2 heterocycles. The Morgan fingerprint density at radius 1 is 1.30 bits per heavy atom. The first-order valence-corrected chi connectivity index (χ1v) is 11.1. The van der Waals surface area contributed by atoms with Gasteiger partial charge in [-0.3, -0.25) is 4.79 Å². The number of hydrogen-bond acceptors (Lipinski definition) is 6. The first-order valence-electron chi connectivity index (χ1n) is 9.29. The van der Waals surface area contributed by atoms with Crippen LogP contribution in [0.1, 0.15) is 44.6 Å². The van der Waals surface area contributed by atoms with Gasteiger partial charge in [-0.15, -0.1) is 11.8 Å². The van der Waals surface area contributed by atoms with Crippen LogP contribution in [0.4, 0.5) is 5.69 Å². The number of benzene rings is 1. The van der Waals surface area contributed by atoms with Crippen LogP contribution < -0.4 is 5.32 Å². The van der Waals surface area contributed by atoms with Crippen LogP contribution >= 0.6 is 23.5 Å².